The van der Waals surface area contributed by atoms with Crippen molar-refractivity contribution in [1.29, 1.82) is 0 Å². The molecule has 7 heteroatoms. The average Bonchev–Trinajstić information content (AvgIpc) is 2.24. The molecule has 0 saturated heterocycles. The van der Waals surface area contributed by atoms with Gasteiger partial charge in [-0.25, -0.2) is 13.1 Å². The van der Waals surface area contributed by atoms with Crippen LogP contribution in [0.1, 0.15) is 5.56 Å². The van der Waals surface area contributed by atoms with Gasteiger partial charge in [0.15, 0.2) is 5.71 Å². The van der Waals surface area contributed by atoms with Crippen LogP contribution in [0.15, 0.2) is 34.3 Å². The van der Waals surface area contributed by atoms with Crippen molar-refractivity contribution < 1.29 is 18.0 Å². The Balaban J connectivity index is 2.74. The van der Waals surface area contributed by atoms with E-state index in [0.717, 1.165) is 0 Å². The van der Waals surface area contributed by atoms with E-state index in [4.69, 9.17) is 0 Å². The highest BCUT2D eigenvalue weighted by molar-refractivity contribution is 7.90. The molecule has 1 amide bonds. The number of rotatable bonds is 1. The SMILES string of the molecule is CO/N=C1\C(=O)NS(=O)(=O)c2ccccc21. The van der Waals surface area contributed by atoms with Crippen molar-refractivity contribution in [2.24, 2.45) is 5.16 Å². The summed E-state index contributed by atoms with van der Waals surface area (Å²) in [5, 5.41) is 3.51. The van der Waals surface area contributed by atoms with Crippen LogP contribution in [0.2, 0.25) is 0 Å². The van der Waals surface area contributed by atoms with Crippen LogP contribution in [0.25, 0.3) is 0 Å². The highest BCUT2D eigenvalue weighted by atomic mass is 32.2. The number of fused-ring (bicyclic) bond motifs is 1. The van der Waals surface area contributed by atoms with E-state index >= 15 is 0 Å². The predicted molar refractivity (Wildman–Crippen MR) is 55.3 cm³/mol. The summed E-state index contributed by atoms with van der Waals surface area (Å²) in [7, 11) is -2.49. The highest BCUT2D eigenvalue weighted by Gasteiger charge is 2.33. The van der Waals surface area contributed by atoms with E-state index in [1.807, 2.05) is 4.72 Å². The maximum absolute atomic E-state index is 11.6. The van der Waals surface area contributed by atoms with Crippen LogP contribution in [-0.2, 0) is 19.7 Å². The molecule has 0 radical (unpaired) electrons. The first-order valence-corrected chi connectivity index (χ1v) is 5.82. The molecule has 0 atom stereocenters. The number of oxime groups is 1. The van der Waals surface area contributed by atoms with E-state index in [1.165, 1.54) is 19.2 Å². The first-order valence-electron chi connectivity index (χ1n) is 4.34. The number of benzene rings is 1. The number of sulfonamides is 1. The topological polar surface area (TPSA) is 84.8 Å². The molecule has 0 unspecified atom stereocenters. The Bertz CT molecular complexity index is 577. The summed E-state index contributed by atoms with van der Waals surface area (Å²) in [6.07, 6.45) is 0. The minimum Gasteiger partial charge on any atom is -0.398 e. The van der Waals surface area contributed by atoms with E-state index in [2.05, 4.69) is 9.99 Å². The molecule has 0 aliphatic carbocycles. The second-order valence-corrected chi connectivity index (χ2v) is 4.70. The second-order valence-electron chi connectivity index (χ2n) is 3.05. The lowest BCUT2D eigenvalue weighted by Gasteiger charge is -2.17. The first kappa shape index (κ1) is 10.6. The van der Waals surface area contributed by atoms with Gasteiger partial charge < -0.3 is 4.84 Å². The number of carbonyl (C=O) groups excluding carboxylic acids is 1. The maximum Gasteiger partial charge on any atom is 0.287 e. The Morgan fingerprint density at radius 3 is 2.69 bits per heavy atom. The average molecular weight is 240 g/mol. The third-order valence-corrected chi connectivity index (χ3v) is 3.45. The van der Waals surface area contributed by atoms with Crippen LogP contribution in [0, 0.1) is 0 Å². The lowest BCUT2D eigenvalue weighted by atomic mass is 10.1. The quantitative estimate of drug-likeness (QED) is 0.692. The third kappa shape index (κ3) is 1.54. The zero-order valence-electron chi connectivity index (χ0n) is 8.30. The van der Waals surface area contributed by atoms with Gasteiger partial charge in [-0.3, -0.25) is 4.79 Å². The molecule has 2 rings (SSSR count). The summed E-state index contributed by atoms with van der Waals surface area (Å²) in [6, 6.07) is 6.09. The molecular weight excluding hydrogens is 232 g/mol. The molecule has 84 valence electrons. The smallest absolute Gasteiger partial charge is 0.287 e. The van der Waals surface area contributed by atoms with Crippen LogP contribution in [-0.4, -0.2) is 27.1 Å². The van der Waals surface area contributed by atoms with Gasteiger partial charge in [-0.05, 0) is 6.07 Å². The molecule has 1 heterocycles. The fraction of sp³-hybridized carbons (Fsp3) is 0.111. The third-order valence-electron chi connectivity index (χ3n) is 2.06. The Hall–Kier alpha value is -1.89. The molecule has 0 spiro atoms. The molecule has 0 saturated carbocycles. The minimum absolute atomic E-state index is 0.0189. The van der Waals surface area contributed by atoms with Crippen molar-refractivity contribution in [3.8, 4) is 0 Å². The lowest BCUT2D eigenvalue weighted by molar-refractivity contribution is -0.113. The van der Waals surface area contributed by atoms with Gasteiger partial charge in [0, 0.05) is 5.56 Å². The Morgan fingerprint density at radius 2 is 2.00 bits per heavy atom. The Morgan fingerprint density at radius 1 is 1.31 bits per heavy atom. The van der Waals surface area contributed by atoms with Crippen LogP contribution in [0.3, 0.4) is 0 Å². The van der Waals surface area contributed by atoms with E-state index in [0.29, 0.717) is 0 Å². The monoisotopic (exact) mass is 240 g/mol. The Kier molecular flexibility index (Phi) is 2.39. The predicted octanol–water partition coefficient (Wildman–Crippen LogP) is -0.144. The van der Waals surface area contributed by atoms with Gasteiger partial charge in [-0.2, -0.15) is 0 Å². The largest absolute Gasteiger partial charge is 0.398 e. The molecule has 1 aliphatic rings. The van der Waals surface area contributed by atoms with Crippen molar-refractivity contribution in [3.05, 3.63) is 29.8 Å². The minimum atomic E-state index is -3.78. The molecule has 1 N–H and O–H groups in total. The molecule has 0 aromatic heterocycles. The molecule has 0 fully saturated rings. The number of nitrogens with one attached hydrogen (secondary N) is 1. The van der Waals surface area contributed by atoms with Crippen LogP contribution in [0.5, 0.6) is 0 Å². The van der Waals surface area contributed by atoms with E-state index < -0.39 is 15.9 Å². The summed E-state index contributed by atoms with van der Waals surface area (Å²) in [5.41, 5.74) is 0.195. The summed E-state index contributed by atoms with van der Waals surface area (Å²) < 4.78 is 25.1. The van der Waals surface area contributed by atoms with Gasteiger partial charge in [-0.1, -0.05) is 23.4 Å². The van der Waals surface area contributed by atoms with Crippen molar-refractivity contribution in [2.75, 3.05) is 7.11 Å². The maximum atomic E-state index is 11.6. The van der Waals surface area contributed by atoms with E-state index in [-0.39, 0.29) is 16.2 Å². The summed E-state index contributed by atoms with van der Waals surface area (Å²) >= 11 is 0. The van der Waals surface area contributed by atoms with Gasteiger partial charge in [0.05, 0.1) is 4.90 Å². The molecule has 1 aliphatic heterocycles. The van der Waals surface area contributed by atoms with Gasteiger partial charge >= 0.3 is 0 Å². The van der Waals surface area contributed by atoms with Crippen molar-refractivity contribution in [1.82, 2.24) is 4.72 Å². The molecule has 6 nitrogen and oxygen atoms in total. The van der Waals surface area contributed by atoms with Crippen molar-refractivity contribution in [2.45, 2.75) is 4.90 Å². The van der Waals surface area contributed by atoms with Gasteiger partial charge in [0.25, 0.3) is 15.9 Å². The zero-order valence-corrected chi connectivity index (χ0v) is 9.11. The number of amides is 1. The van der Waals surface area contributed by atoms with E-state index in [9.17, 15) is 13.2 Å². The van der Waals surface area contributed by atoms with Crippen LogP contribution in [0.4, 0.5) is 0 Å². The number of carbonyl (C=O) groups is 1. The van der Waals surface area contributed by atoms with Gasteiger partial charge in [-0.15, -0.1) is 0 Å². The summed E-state index contributed by atoms with van der Waals surface area (Å²) in [4.78, 5) is 16.0. The normalized spacial score (nSPS) is 20.1. The second kappa shape index (κ2) is 3.60. The van der Waals surface area contributed by atoms with Gasteiger partial charge in [0.2, 0.25) is 0 Å². The Labute approximate surface area is 92.0 Å². The zero-order chi connectivity index (χ0) is 11.8. The molecule has 16 heavy (non-hydrogen) atoms. The standard InChI is InChI=1S/C9H8N2O4S/c1-15-10-8-6-4-2-3-5-7(6)16(13,14)11-9(8)12/h2-5H,1H3,(H,11,12)/b10-8-. The molecule has 1 aromatic carbocycles. The van der Waals surface area contributed by atoms with Crippen LogP contribution >= 0.6 is 0 Å². The molecule has 1 aromatic rings. The fourth-order valence-electron chi connectivity index (χ4n) is 1.43. The summed E-state index contributed by atoms with van der Waals surface area (Å²) in [6.45, 7) is 0. The molecule has 0 bridgehead atoms. The lowest BCUT2D eigenvalue weighted by Crippen LogP contribution is -2.42. The first-order chi connectivity index (χ1) is 7.56. The van der Waals surface area contributed by atoms with Crippen molar-refractivity contribution >= 4 is 21.6 Å². The number of nitrogens with zero attached hydrogens (tertiary/aromatic N) is 1. The van der Waals surface area contributed by atoms with Crippen molar-refractivity contribution in [3.63, 3.8) is 0 Å². The molecular formula is C9H8N2O4S. The highest BCUT2D eigenvalue weighted by Crippen LogP contribution is 2.20. The number of hydrogen-bond donors (Lipinski definition) is 1. The van der Waals surface area contributed by atoms with Gasteiger partial charge in [0.1, 0.15) is 7.11 Å². The van der Waals surface area contributed by atoms with Crippen LogP contribution < -0.4 is 4.72 Å². The fourth-order valence-corrected chi connectivity index (χ4v) is 2.59. The van der Waals surface area contributed by atoms with E-state index in [1.54, 1.807) is 12.1 Å². The summed E-state index contributed by atoms with van der Waals surface area (Å²) in [5.74, 6) is -0.791. The number of hydrogen-bond acceptors (Lipinski definition) is 5.